The molecule has 1 amide bonds. The van der Waals surface area contributed by atoms with E-state index in [9.17, 15) is 17.6 Å². The molecule has 3 rings (SSSR count). The maximum absolute atomic E-state index is 13.5. The molecular formula is C22H28FN3O3S. The van der Waals surface area contributed by atoms with Crippen LogP contribution in [0, 0.1) is 5.82 Å². The Morgan fingerprint density at radius 1 is 1.03 bits per heavy atom. The predicted molar refractivity (Wildman–Crippen MR) is 116 cm³/mol. The topological polar surface area (TPSA) is 60.9 Å². The first kappa shape index (κ1) is 22.2. The fourth-order valence-electron chi connectivity index (χ4n) is 3.65. The van der Waals surface area contributed by atoms with Gasteiger partial charge in [-0.2, -0.15) is 0 Å². The molecule has 1 aliphatic heterocycles. The van der Waals surface area contributed by atoms with Gasteiger partial charge in [-0.15, -0.1) is 0 Å². The van der Waals surface area contributed by atoms with Crippen molar-refractivity contribution in [3.8, 4) is 0 Å². The standard InChI is InChI=1S/C22H28FN3O3S/c1-24(2)30(28,29)19-10-11-21(26-12-5-4-6-13-26)20(15-19)22(27)25(3)16-17-8-7-9-18(23)14-17/h7-11,14-15H,4-6,12-13,16H2,1-3H3. The van der Waals surface area contributed by atoms with Crippen LogP contribution in [0.3, 0.4) is 0 Å². The number of hydrogen-bond acceptors (Lipinski definition) is 4. The summed E-state index contributed by atoms with van der Waals surface area (Å²) in [5.41, 5.74) is 1.75. The molecule has 0 aromatic heterocycles. The van der Waals surface area contributed by atoms with Gasteiger partial charge in [0.05, 0.1) is 10.5 Å². The van der Waals surface area contributed by atoms with Crippen LogP contribution in [0.4, 0.5) is 10.1 Å². The summed E-state index contributed by atoms with van der Waals surface area (Å²) >= 11 is 0. The van der Waals surface area contributed by atoms with E-state index in [1.165, 1.54) is 37.2 Å². The Morgan fingerprint density at radius 3 is 2.37 bits per heavy atom. The highest BCUT2D eigenvalue weighted by Gasteiger charge is 2.25. The highest BCUT2D eigenvalue weighted by atomic mass is 32.2. The zero-order valence-corrected chi connectivity index (χ0v) is 18.5. The first-order valence-corrected chi connectivity index (χ1v) is 11.5. The third-order valence-electron chi connectivity index (χ3n) is 5.33. The fraction of sp³-hybridized carbons (Fsp3) is 0.409. The van der Waals surface area contributed by atoms with E-state index in [2.05, 4.69) is 4.90 Å². The summed E-state index contributed by atoms with van der Waals surface area (Å²) in [6.45, 7) is 1.88. The minimum Gasteiger partial charge on any atom is -0.371 e. The van der Waals surface area contributed by atoms with Crippen molar-refractivity contribution in [3.63, 3.8) is 0 Å². The summed E-state index contributed by atoms with van der Waals surface area (Å²) in [4.78, 5) is 17.1. The van der Waals surface area contributed by atoms with Crippen molar-refractivity contribution in [2.45, 2.75) is 30.7 Å². The van der Waals surface area contributed by atoms with Gasteiger partial charge in [0.1, 0.15) is 5.82 Å². The zero-order chi connectivity index (χ0) is 21.9. The second-order valence-electron chi connectivity index (χ2n) is 7.81. The number of nitrogens with zero attached hydrogens (tertiary/aromatic N) is 3. The van der Waals surface area contributed by atoms with Crippen molar-refractivity contribution in [1.82, 2.24) is 9.21 Å². The minimum absolute atomic E-state index is 0.0794. The lowest BCUT2D eigenvalue weighted by Crippen LogP contribution is -2.33. The number of rotatable bonds is 6. The second kappa shape index (κ2) is 9.14. The number of carbonyl (C=O) groups excluding carboxylic acids is 1. The molecule has 0 aliphatic carbocycles. The molecule has 0 bridgehead atoms. The van der Waals surface area contributed by atoms with Crippen molar-refractivity contribution in [2.24, 2.45) is 0 Å². The van der Waals surface area contributed by atoms with Gasteiger partial charge in [0.2, 0.25) is 10.0 Å². The fourth-order valence-corrected chi connectivity index (χ4v) is 4.58. The van der Waals surface area contributed by atoms with Gasteiger partial charge in [-0.05, 0) is 55.2 Å². The molecule has 0 saturated carbocycles. The Kier molecular flexibility index (Phi) is 6.77. The summed E-state index contributed by atoms with van der Waals surface area (Å²) in [5, 5.41) is 0. The molecule has 1 saturated heterocycles. The third kappa shape index (κ3) is 4.82. The van der Waals surface area contributed by atoms with E-state index in [-0.39, 0.29) is 23.2 Å². The molecule has 0 N–H and O–H groups in total. The van der Waals surface area contributed by atoms with Crippen LogP contribution in [0.1, 0.15) is 35.2 Å². The van der Waals surface area contributed by atoms with Crippen LogP contribution in [0.2, 0.25) is 0 Å². The lowest BCUT2D eigenvalue weighted by molar-refractivity contribution is 0.0785. The average Bonchev–Trinajstić information content (AvgIpc) is 2.73. The first-order chi connectivity index (χ1) is 14.2. The smallest absolute Gasteiger partial charge is 0.256 e. The van der Waals surface area contributed by atoms with Crippen LogP contribution in [0.25, 0.3) is 0 Å². The van der Waals surface area contributed by atoms with Gasteiger partial charge in [-0.3, -0.25) is 4.79 Å². The van der Waals surface area contributed by atoms with Crippen LogP contribution in [-0.4, -0.2) is 57.8 Å². The van der Waals surface area contributed by atoms with Gasteiger partial charge in [0, 0.05) is 46.5 Å². The van der Waals surface area contributed by atoms with Crippen LogP contribution in [0.5, 0.6) is 0 Å². The van der Waals surface area contributed by atoms with Crippen molar-refractivity contribution in [1.29, 1.82) is 0 Å². The van der Waals surface area contributed by atoms with Gasteiger partial charge in [-0.25, -0.2) is 17.1 Å². The average molecular weight is 434 g/mol. The second-order valence-corrected chi connectivity index (χ2v) is 9.96. The number of hydrogen-bond donors (Lipinski definition) is 0. The molecule has 0 unspecified atom stereocenters. The Morgan fingerprint density at radius 2 is 1.73 bits per heavy atom. The normalized spacial score (nSPS) is 14.8. The molecule has 2 aromatic rings. The number of amides is 1. The molecule has 1 fully saturated rings. The Bertz CT molecular complexity index is 1020. The van der Waals surface area contributed by atoms with Crippen molar-refractivity contribution in [3.05, 3.63) is 59.4 Å². The Balaban J connectivity index is 1.98. The molecule has 30 heavy (non-hydrogen) atoms. The molecule has 0 radical (unpaired) electrons. The molecule has 2 aromatic carbocycles. The van der Waals surface area contributed by atoms with Crippen molar-refractivity contribution in [2.75, 3.05) is 39.1 Å². The Labute approximate surface area is 177 Å². The number of carbonyl (C=O) groups is 1. The molecule has 8 heteroatoms. The lowest BCUT2D eigenvalue weighted by Gasteiger charge is -2.31. The summed E-state index contributed by atoms with van der Waals surface area (Å²) in [6, 6.07) is 10.9. The molecule has 0 atom stereocenters. The van der Waals surface area contributed by atoms with Gasteiger partial charge in [-0.1, -0.05) is 12.1 Å². The van der Waals surface area contributed by atoms with E-state index >= 15 is 0 Å². The molecule has 0 spiro atoms. The number of piperidine rings is 1. The van der Waals surface area contributed by atoms with Crippen LogP contribution in [-0.2, 0) is 16.6 Å². The summed E-state index contributed by atoms with van der Waals surface area (Å²) in [6.07, 6.45) is 3.21. The van der Waals surface area contributed by atoms with E-state index in [4.69, 9.17) is 0 Å². The third-order valence-corrected chi connectivity index (χ3v) is 7.14. The molecule has 162 valence electrons. The monoisotopic (exact) mass is 433 g/mol. The van der Waals surface area contributed by atoms with E-state index in [0.29, 0.717) is 11.1 Å². The van der Waals surface area contributed by atoms with Gasteiger partial charge < -0.3 is 9.80 Å². The number of benzene rings is 2. The van der Waals surface area contributed by atoms with E-state index in [1.807, 2.05) is 0 Å². The van der Waals surface area contributed by atoms with Crippen LogP contribution in [0.15, 0.2) is 47.4 Å². The SMILES string of the molecule is CN(Cc1cccc(F)c1)C(=O)c1cc(S(=O)(=O)N(C)C)ccc1N1CCCCC1. The molecular weight excluding hydrogens is 405 g/mol. The summed E-state index contributed by atoms with van der Waals surface area (Å²) in [5.74, 6) is -0.655. The first-order valence-electron chi connectivity index (χ1n) is 10.0. The lowest BCUT2D eigenvalue weighted by atomic mass is 10.1. The maximum atomic E-state index is 13.5. The van der Waals surface area contributed by atoms with Gasteiger partial charge in [0.15, 0.2) is 0 Å². The van der Waals surface area contributed by atoms with Crippen LogP contribution >= 0.6 is 0 Å². The zero-order valence-electron chi connectivity index (χ0n) is 17.6. The highest BCUT2D eigenvalue weighted by Crippen LogP contribution is 2.29. The van der Waals surface area contributed by atoms with Gasteiger partial charge >= 0.3 is 0 Å². The number of anilines is 1. The molecule has 1 aliphatic rings. The summed E-state index contributed by atoms with van der Waals surface area (Å²) in [7, 11) is 0.891. The minimum atomic E-state index is -3.68. The van der Waals surface area contributed by atoms with E-state index < -0.39 is 10.0 Å². The molecule has 1 heterocycles. The largest absolute Gasteiger partial charge is 0.371 e. The number of halogens is 1. The van der Waals surface area contributed by atoms with Crippen LogP contribution < -0.4 is 4.90 Å². The predicted octanol–water partition coefficient (Wildman–Crippen LogP) is 3.34. The van der Waals surface area contributed by atoms with Crippen molar-refractivity contribution >= 4 is 21.6 Å². The van der Waals surface area contributed by atoms with Gasteiger partial charge in [0.25, 0.3) is 5.91 Å². The molecule has 6 nitrogen and oxygen atoms in total. The Hall–Kier alpha value is -2.45. The van der Waals surface area contributed by atoms with E-state index in [1.54, 1.807) is 31.3 Å². The van der Waals surface area contributed by atoms with Crippen molar-refractivity contribution < 1.29 is 17.6 Å². The van der Waals surface area contributed by atoms with E-state index in [0.717, 1.165) is 42.3 Å². The maximum Gasteiger partial charge on any atom is 0.256 e. The highest BCUT2D eigenvalue weighted by molar-refractivity contribution is 7.89. The number of sulfonamides is 1. The quantitative estimate of drug-likeness (QED) is 0.701. The summed E-state index contributed by atoms with van der Waals surface area (Å²) < 4.78 is 39.9.